The van der Waals surface area contributed by atoms with Crippen molar-refractivity contribution >= 4 is 18.9 Å². The van der Waals surface area contributed by atoms with Gasteiger partial charge < -0.3 is 14.4 Å². The van der Waals surface area contributed by atoms with Gasteiger partial charge in [-0.15, -0.1) is 0 Å². The third kappa shape index (κ3) is 53.2. The van der Waals surface area contributed by atoms with Crippen molar-refractivity contribution in [2.45, 2.75) is 159 Å². The minimum atomic E-state index is 0. The smallest absolute Gasteiger partial charge is 0.542 e. The molecule has 34 heavy (non-hydrogen) atoms. The molecule has 0 rings (SSSR count). The molecule has 0 heterocycles. The molecule has 199 valence electrons. The summed E-state index contributed by atoms with van der Waals surface area (Å²) in [6.45, 7) is 20.2. The largest absolute Gasteiger partial charge is 3.00 e. The maximum Gasteiger partial charge on any atom is 3.00 e. The zero-order chi connectivity index (χ0) is 26.2. The van der Waals surface area contributed by atoms with Crippen LogP contribution in [0, 0.1) is 16.2 Å². The van der Waals surface area contributed by atoms with E-state index < -0.39 is 0 Å². The predicted molar refractivity (Wildman–Crippen MR) is 145 cm³/mol. The molecule has 0 aromatic rings. The van der Waals surface area contributed by atoms with E-state index in [1.54, 1.807) is 0 Å². The Morgan fingerprint density at radius 1 is 0.382 bits per heavy atom. The predicted octanol–water partition coefficient (Wildman–Crippen LogP) is 9.28. The van der Waals surface area contributed by atoms with E-state index in [2.05, 4.69) is 62.3 Å². The first-order valence-corrected chi connectivity index (χ1v) is 13.2. The van der Waals surface area contributed by atoms with Gasteiger partial charge in [-0.25, -0.2) is 0 Å². The van der Waals surface area contributed by atoms with E-state index in [9.17, 15) is 14.4 Å². The molecule has 0 atom stereocenters. The van der Waals surface area contributed by atoms with Crippen molar-refractivity contribution in [3.05, 3.63) is 0 Å². The van der Waals surface area contributed by atoms with Gasteiger partial charge >= 0.3 is 21.7 Å². The third-order valence-corrected chi connectivity index (χ3v) is 5.12. The number of rotatable bonds is 15. The summed E-state index contributed by atoms with van der Waals surface area (Å²) in [6, 6.07) is 0. The standard InChI is InChI=1S/3C10H19O.Ti/c3*1-10(2,3)8-6-4-5-7-9-11;/h3*4-8H2,1-3H3;/q3*-1;+3. The van der Waals surface area contributed by atoms with Crippen LogP contribution in [-0.2, 0) is 36.1 Å². The van der Waals surface area contributed by atoms with Crippen LogP contribution < -0.4 is 0 Å². The topological polar surface area (TPSA) is 51.2 Å². The minimum absolute atomic E-state index is 0. The van der Waals surface area contributed by atoms with E-state index in [1.807, 2.05) is 18.9 Å². The summed E-state index contributed by atoms with van der Waals surface area (Å²) >= 11 is 0. The molecule has 0 spiro atoms. The number of hydrogen-bond acceptors (Lipinski definition) is 3. The molecule has 0 aliphatic rings. The van der Waals surface area contributed by atoms with Gasteiger partial charge in [0.2, 0.25) is 0 Å². The van der Waals surface area contributed by atoms with Gasteiger partial charge in [0.05, 0.1) is 0 Å². The van der Waals surface area contributed by atoms with Crippen LogP contribution in [0.2, 0.25) is 0 Å². The van der Waals surface area contributed by atoms with Crippen molar-refractivity contribution in [1.29, 1.82) is 0 Å². The van der Waals surface area contributed by atoms with E-state index >= 15 is 0 Å². The van der Waals surface area contributed by atoms with Crippen molar-refractivity contribution in [1.82, 2.24) is 0 Å². The van der Waals surface area contributed by atoms with E-state index in [0.717, 1.165) is 19.3 Å². The van der Waals surface area contributed by atoms with Crippen LogP contribution in [0.5, 0.6) is 0 Å². The Morgan fingerprint density at radius 3 is 0.735 bits per heavy atom. The summed E-state index contributed by atoms with van der Waals surface area (Å²) < 4.78 is 0. The van der Waals surface area contributed by atoms with Crippen molar-refractivity contribution < 1.29 is 36.1 Å². The normalized spacial score (nSPS) is 11.2. The second-order valence-electron chi connectivity index (χ2n) is 12.8. The maximum atomic E-state index is 9.84. The molecule has 0 aliphatic carbocycles. The van der Waals surface area contributed by atoms with E-state index in [4.69, 9.17) is 0 Å². The molecule has 0 saturated carbocycles. The number of carbonyl (C=O) groups excluding carboxylic acids is 3. The third-order valence-electron chi connectivity index (χ3n) is 5.12. The molecule has 0 unspecified atom stereocenters. The molecule has 0 aromatic heterocycles. The summed E-state index contributed by atoms with van der Waals surface area (Å²) in [5.41, 5.74) is 1.35. The molecule has 0 amide bonds. The molecule has 0 fully saturated rings. The Kier molecular flexibility index (Phi) is 31.0. The minimum Gasteiger partial charge on any atom is -0.542 e. The van der Waals surface area contributed by atoms with Gasteiger partial charge in [-0.3, -0.25) is 18.9 Å². The van der Waals surface area contributed by atoms with Crippen LogP contribution in [0.25, 0.3) is 0 Å². The van der Waals surface area contributed by atoms with Crippen LogP contribution in [0.3, 0.4) is 0 Å². The molecule has 0 aliphatic heterocycles. The summed E-state index contributed by atoms with van der Waals surface area (Å²) in [5.74, 6) is 0. The SMILES string of the molecule is CC(C)(C)CCCCC[C-]=O.CC(C)(C)CCCCC[C-]=O.CC(C)(C)CCCCC[C-]=O.[Ti+3]. The van der Waals surface area contributed by atoms with Crippen LogP contribution in [-0.4, -0.2) is 18.9 Å². The van der Waals surface area contributed by atoms with Crippen molar-refractivity contribution in [3.8, 4) is 0 Å². The van der Waals surface area contributed by atoms with E-state index in [0.29, 0.717) is 35.5 Å². The fourth-order valence-electron chi connectivity index (χ4n) is 3.09. The van der Waals surface area contributed by atoms with Crippen molar-refractivity contribution in [2.75, 3.05) is 0 Å². The monoisotopic (exact) mass is 513 g/mol. The van der Waals surface area contributed by atoms with Gasteiger partial charge in [-0.2, -0.15) is 19.3 Å². The second kappa shape index (κ2) is 25.8. The molecule has 0 N–H and O–H groups in total. The molecular weight excluding hydrogens is 456 g/mol. The number of hydrogen-bond donors (Lipinski definition) is 0. The van der Waals surface area contributed by atoms with Crippen LogP contribution in [0.1, 0.15) is 159 Å². The van der Waals surface area contributed by atoms with Gasteiger partial charge in [0.15, 0.2) is 0 Å². The number of unbranched alkanes of at least 4 members (excludes halogenated alkanes) is 9. The molecule has 0 saturated heterocycles. The summed E-state index contributed by atoms with van der Waals surface area (Å²) in [5, 5.41) is 0. The fraction of sp³-hybridized carbons (Fsp3) is 0.900. The Hall–Kier alpha value is -0.276. The van der Waals surface area contributed by atoms with Crippen molar-refractivity contribution in [3.63, 3.8) is 0 Å². The Morgan fingerprint density at radius 2 is 0.588 bits per heavy atom. The van der Waals surface area contributed by atoms with E-state index in [1.165, 1.54) is 57.8 Å². The zero-order valence-electron chi connectivity index (χ0n) is 24.3. The maximum absolute atomic E-state index is 9.84. The first-order chi connectivity index (χ1) is 15.2. The quantitative estimate of drug-likeness (QED) is 0.125. The van der Waals surface area contributed by atoms with Crippen LogP contribution >= 0.6 is 0 Å². The van der Waals surface area contributed by atoms with E-state index in [-0.39, 0.29) is 21.7 Å². The molecule has 3 nitrogen and oxygen atoms in total. The van der Waals surface area contributed by atoms with Crippen LogP contribution in [0.4, 0.5) is 0 Å². The van der Waals surface area contributed by atoms with Gasteiger partial charge in [0.1, 0.15) is 0 Å². The molecule has 0 bridgehead atoms. The Labute approximate surface area is 229 Å². The first kappa shape index (κ1) is 40.9. The average molecular weight is 514 g/mol. The van der Waals surface area contributed by atoms with Gasteiger partial charge in [0.25, 0.3) is 0 Å². The summed E-state index contributed by atoms with van der Waals surface area (Å²) in [6.07, 6.45) is 21.6. The van der Waals surface area contributed by atoms with Crippen molar-refractivity contribution in [2.24, 2.45) is 16.2 Å². The molecule has 1 radical (unpaired) electrons. The molecule has 4 heteroatoms. The summed E-state index contributed by atoms with van der Waals surface area (Å²) in [7, 11) is 0. The zero-order valence-corrected chi connectivity index (χ0v) is 25.9. The Bertz CT molecular complexity index is 373. The van der Waals surface area contributed by atoms with Crippen LogP contribution in [0.15, 0.2) is 0 Å². The second-order valence-corrected chi connectivity index (χ2v) is 12.8. The Balaban J connectivity index is -0.000000196. The average Bonchev–Trinajstić information content (AvgIpc) is 2.66. The fourth-order valence-corrected chi connectivity index (χ4v) is 3.09. The molecular formula is C30H57O3Ti. The molecule has 0 aromatic carbocycles. The first-order valence-electron chi connectivity index (χ1n) is 13.2. The summed E-state index contributed by atoms with van der Waals surface area (Å²) in [4.78, 5) is 29.5. The van der Waals surface area contributed by atoms with Gasteiger partial charge in [-0.05, 0) is 35.5 Å². The van der Waals surface area contributed by atoms with Gasteiger partial charge in [-0.1, -0.05) is 120 Å². The van der Waals surface area contributed by atoms with Gasteiger partial charge in [0, 0.05) is 0 Å².